The Morgan fingerprint density at radius 2 is 1.56 bits per heavy atom. The van der Waals surface area contributed by atoms with E-state index in [-0.39, 0.29) is 18.2 Å². The van der Waals surface area contributed by atoms with Crippen molar-refractivity contribution in [2.24, 2.45) is 0 Å². The second-order valence-corrected chi connectivity index (χ2v) is 6.21. The highest BCUT2D eigenvalue weighted by Gasteiger charge is 2.29. The van der Waals surface area contributed by atoms with Crippen LogP contribution in [0.15, 0.2) is 60.7 Å². The van der Waals surface area contributed by atoms with Crippen molar-refractivity contribution in [1.82, 2.24) is 0 Å². The molecule has 1 aliphatic carbocycles. The van der Waals surface area contributed by atoms with Crippen molar-refractivity contribution in [3.63, 3.8) is 0 Å². The van der Waals surface area contributed by atoms with Gasteiger partial charge in [-0.3, -0.25) is 5.32 Å². The smallest absolute Gasteiger partial charge is 0.411 e. The lowest BCUT2D eigenvalue weighted by molar-refractivity contribution is 0.158. The summed E-state index contributed by atoms with van der Waals surface area (Å²) in [5, 5.41) is 11.5. The van der Waals surface area contributed by atoms with Gasteiger partial charge in [0.25, 0.3) is 0 Å². The van der Waals surface area contributed by atoms with Crippen molar-refractivity contribution < 1.29 is 23.4 Å². The van der Waals surface area contributed by atoms with E-state index in [0.29, 0.717) is 0 Å². The van der Waals surface area contributed by atoms with Crippen LogP contribution in [0.5, 0.6) is 5.75 Å². The van der Waals surface area contributed by atoms with Gasteiger partial charge in [-0.05, 0) is 34.4 Å². The highest BCUT2D eigenvalue weighted by atomic mass is 19.1. The third-order valence-corrected chi connectivity index (χ3v) is 4.65. The van der Waals surface area contributed by atoms with Gasteiger partial charge in [0.15, 0.2) is 17.4 Å². The first-order valence-electron chi connectivity index (χ1n) is 8.35. The number of carbonyl (C=O) groups excluding carboxylic acids is 1. The van der Waals surface area contributed by atoms with Crippen molar-refractivity contribution in [3.8, 4) is 16.9 Å². The Bertz CT molecular complexity index is 990. The quantitative estimate of drug-likeness (QED) is 0.682. The Hall–Kier alpha value is -3.41. The first-order chi connectivity index (χ1) is 13.1. The summed E-state index contributed by atoms with van der Waals surface area (Å²) >= 11 is 0. The van der Waals surface area contributed by atoms with Gasteiger partial charge in [0, 0.05) is 5.92 Å². The zero-order valence-corrected chi connectivity index (χ0v) is 14.1. The maximum absolute atomic E-state index is 13.8. The maximum Gasteiger partial charge on any atom is 0.411 e. The van der Waals surface area contributed by atoms with E-state index in [1.165, 1.54) is 0 Å². The highest BCUT2D eigenvalue weighted by Crippen LogP contribution is 2.44. The fourth-order valence-corrected chi connectivity index (χ4v) is 3.38. The molecule has 0 unspecified atom stereocenters. The minimum atomic E-state index is -1.25. The SMILES string of the molecule is O=C(Nc1ccc(F)c(O)c1F)OCC1c2ccccc2-c2ccccc21. The molecule has 0 fully saturated rings. The molecule has 2 N–H and O–H groups in total. The van der Waals surface area contributed by atoms with Gasteiger partial charge in [0.2, 0.25) is 0 Å². The van der Waals surface area contributed by atoms with Crippen LogP contribution in [-0.4, -0.2) is 17.8 Å². The lowest BCUT2D eigenvalue weighted by Gasteiger charge is -2.15. The van der Waals surface area contributed by atoms with Crippen LogP contribution in [0.1, 0.15) is 17.0 Å². The number of benzene rings is 3. The van der Waals surface area contributed by atoms with Crippen LogP contribution in [0.3, 0.4) is 0 Å². The molecule has 3 aromatic rings. The summed E-state index contributed by atoms with van der Waals surface area (Å²) in [4.78, 5) is 12.1. The van der Waals surface area contributed by atoms with Crippen molar-refractivity contribution in [3.05, 3.63) is 83.4 Å². The van der Waals surface area contributed by atoms with E-state index in [0.717, 1.165) is 34.4 Å². The Kier molecular flexibility index (Phi) is 4.24. The average molecular weight is 367 g/mol. The fourth-order valence-electron chi connectivity index (χ4n) is 3.38. The molecule has 0 saturated heterocycles. The summed E-state index contributed by atoms with van der Waals surface area (Å²) in [7, 11) is 0. The minimum Gasteiger partial charge on any atom is -0.503 e. The number of hydrogen-bond donors (Lipinski definition) is 2. The molecule has 0 radical (unpaired) electrons. The number of halogens is 2. The number of carbonyl (C=O) groups is 1. The molecule has 4 nitrogen and oxygen atoms in total. The number of hydrogen-bond acceptors (Lipinski definition) is 3. The summed E-state index contributed by atoms with van der Waals surface area (Å²) in [5.41, 5.74) is 3.94. The van der Waals surface area contributed by atoms with Gasteiger partial charge in [-0.25, -0.2) is 13.6 Å². The normalized spacial score (nSPS) is 12.4. The Morgan fingerprint density at radius 1 is 0.963 bits per heavy atom. The van der Waals surface area contributed by atoms with Crippen molar-refractivity contribution in [2.75, 3.05) is 11.9 Å². The molecular formula is C21H15F2NO3. The number of phenols is 1. The molecule has 3 aromatic carbocycles. The third kappa shape index (κ3) is 2.99. The molecule has 4 rings (SSSR count). The zero-order valence-electron chi connectivity index (χ0n) is 14.1. The van der Waals surface area contributed by atoms with Gasteiger partial charge in [-0.1, -0.05) is 48.5 Å². The topological polar surface area (TPSA) is 58.6 Å². The second-order valence-electron chi connectivity index (χ2n) is 6.21. The first-order valence-corrected chi connectivity index (χ1v) is 8.35. The highest BCUT2D eigenvalue weighted by molar-refractivity contribution is 5.85. The number of amides is 1. The molecule has 0 spiro atoms. The number of nitrogens with one attached hydrogen (secondary N) is 1. The van der Waals surface area contributed by atoms with Crippen LogP contribution in [0.25, 0.3) is 11.1 Å². The monoisotopic (exact) mass is 367 g/mol. The van der Waals surface area contributed by atoms with Gasteiger partial charge >= 0.3 is 6.09 Å². The Morgan fingerprint density at radius 3 is 2.19 bits per heavy atom. The molecule has 0 aliphatic heterocycles. The van der Waals surface area contributed by atoms with Gasteiger partial charge in [-0.15, -0.1) is 0 Å². The molecule has 27 heavy (non-hydrogen) atoms. The molecule has 0 aromatic heterocycles. The molecule has 0 atom stereocenters. The van der Waals surface area contributed by atoms with Crippen LogP contribution >= 0.6 is 0 Å². The largest absolute Gasteiger partial charge is 0.503 e. The van der Waals surface area contributed by atoms with Gasteiger partial charge in [0.1, 0.15) is 6.61 Å². The molecule has 1 amide bonds. The number of anilines is 1. The van der Waals surface area contributed by atoms with E-state index in [2.05, 4.69) is 5.32 Å². The van der Waals surface area contributed by atoms with Crippen molar-refractivity contribution in [2.45, 2.75) is 5.92 Å². The van der Waals surface area contributed by atoms with Gasteiger partial charge in [-0.2, -0.15) is 0 Å². The van der Waals surface area contributed by atoms with Crippen LogP contribution in [-0.2, 0) is 4.74 Å². The second kappa shape index (κ2) is 6.72. The standard InChI is InChI=1S/C21H15F2NO3/c22-17-9-10-18(19(23)20(17)25)24-21(26)27-11-16-14-7-3-1-5-12(14)13-6-2-4-8-15(13)16/h1-10,16,25H,11H2,(H,24,26). The molecule has 0 bridgehead atoms. The van der Waals surface area contributed by atoms with Crippen LogP contribution < -0.4 is 5.32 Å². The van der Waals surface area contributed by atoms with Gasteiger partial charge in [0.05, 0.1) is 5.69 Å². The van der Waals surface area contributed by atoms with Crippen molar-refractivity contribution in [1.29, 1.82) is 0 Å². The van der Waals surface area contributed by atoms with Gasteiger partial charge < -0.3 is 9.84 Å². The third-order valence-electron chi connectivity index (χ3n) is 4.65. The minimum absolute atomic E-state index is 0.0641. The molecular weight excluding hydrogens is 352 g/mol. The van der Waals surface area contributed by atoms with Crippen LogP contribution in [0.4, 0.5) is 19.3 Å². The lowest BCUT2D eigenvalue weighted by atomic mass is 9.98. The van der Waals surface area contributed by atoms with E-state index < -0.39 is 23.5 Å². The number of phenolic OH excluding ortho intramolecular Hbond substituents is 1. The summed E-state index contributed by atoms with van der Waals surface area (Å²) in [6.07, 6.45) is -0.887. The van der Waals surface area contributed by atoms with E-state index in [4.69, 9.17) is 4.74 Å². The number of aromatic hydroxyl groups is 1. The van der Waals surface area contributed by atoms with Crippen LogP contribution in [0, 0.1) is 11.6 Å². The molecule has 6 heteroatoms. The molecule has 1 aliphatic rings. The average Bonchev–Trinajstić information content (AvgIpc) is 3.01. The summed E-state index contributed by atoms with van der Waals surface area (Å²) in [6.45, 7) is 0.0641. The summed E-state index contributed by atoms with van der Waals surface area (Å²) in [5.74, 6) is -3.63. The Labute approximate surface area is 154 Å². The van der Waals surface area contributed by atoms with Crippen LogP contribution in [0.2, 0.25) is 0 Å². The number of fused-ring (bicyclic) bond motifs is 3. The van der Waals surface area contributed by atoms with E-state index in [1.807, 2.05) is 48.5 Å². The van der Waals surface area contributed by atoms with E-state index in [1.54, 1.807) is 0 Å². The lowest BCUT2D eigenvalue weighted by Crippen LogP contribution is -2.18. The number of ether oxygens (including phenoxy) is 1. The summed E-state index contributed by atoms with van der Waals surface area (Å²) in [6, 6.07) is 17.6. The van der Waals surface area contributed by atoms with E-state index >= 15 is 0 Å². The molecule has 0 heterocycles. The number of rotatable bonds is 3. The fraction of sp³-hybridized carbons (Fsp3) is 0.0952. The van der Waals surface area contributed by atoms with E-state index in [9.17, 15) is 18.7 Å². The van der Waals surface area contributed by atoms with Crippen molar-refractivity contribution >= 4 is 11.8 Å². The molecule has 0 saturated carbocycles. The maximum atomic E-state index is 13.8. The zero-order chi connectivity index (χ0) is 19.0. The first kappa shape index (κ1) is 17.0. The summed E-state index contributed by atoms with van der Waals surface area (Å²) < 4.78 is 32.2. The molecule has 136 valence electrons. The predicted octanol–water partition coefficient (Wildman–Crippen LogP) is 5.03. The predicted molar refractivity (Wildman–Crippen MR) is 96.7 cm³/mol. The Balaban J connectivity index is 1.51.